The Morgan fingerprint density at radius 3 is 1.35 bits per heavy atom. The van der Waals surface area contributed by atoms with Crippen molar-refractivity contribution in [2.45, 2.75) is 0 Å². The van der Waals surface area contributed by atoms with Gasteiger partial charge in [0, 0.05) is 29.1 Å². The number of nitrogens with zero attached hydrogens (tertiary/aromatic N) is 2. The van der Waals surface area contributed by atoms with Gasteiger partial charge in [0.05, 0.1) is 0 Å². The third-order valence-electron chi connectivity index (χ3n) is 4.74. The smallest absolute Gasteiger partial charge is 1.00 e. The van der Waals surface area contributed by atoms with Crippen LogP contribution in [0, 0.1) is 0 Å². The fraction of sp³-hybridized carbons (Fsp3) is 0. The van der Waals surface area contributed by atoms with E-state index in [0.29, 0.717) is 0 Å². The van der Waals surface area contributed by atoms with Crippen LogP contribution in [0.15, 0.2) is 109 Å². The van der Waals surface area contributed by atoms with E-state index in [2.05, 4.69) is 118 Å². The third kappa shape index (κ3) is 5.87. The molecule has 31 heavy (non-hydrogen) atoms. The molecule has 152 valence electrons. The number of benzene rings is 2. The van der Waals surface area contributed by atoms with Crippen LogP contribution in [0.25, 0.3) is 32.9 Å². The maximum Gasteiger partial charge on any atom is 4.00 e. The van der Waals surface area contributed by atoms with Gasteiger partial charge in [0.25, 0.3) is 0 Å². The summed E-state index contributed by atoms with van der Waals surface area (Å²) in [5.41, 5.74) is 2.55. The van der Waals surface area contributed by atoms with Crippen molar-refractivity contribution in [1.29, 1.82) is 0 Å². The van der Waals surface area contributed by atoms with Gasteiger partial charge in [-0.05, 0) is 35.1 Å². The molecule has 7 heteroatoms. The predicted octanol–water partition coefficient (Wildman–Crippen LogP) is 1.86. The fourth-order valence-corrected chi connectivity index (χ4v) is 4.78. The molecule has 0 atom stereocenters. The largest absolute Gasteiger partial charge is 4.00 e. The standard InChI is InChI=1S/2C12H9NP.2ClH.Zr/c2*1-2-5-11-9-12(8-10(11)4-1)13-6-3-7-14-13;;;/h2*1-9H;2*1H;/q2*-1;;;+4/p-2. The average Bonchev–Trinajstić information content (AvgIpc) is 3.54. The summed E-state index contributed by atoms with van der Waals surface area (Å²) in [4.78, 5) is 0. The van der Waals surface area contributed by atoms with Crippen LogP contribution in [-0.4, -0.2) is 8.66 Å². The van der Waals surface area contributed by atoms with Gasteiger partial charge in [-0.15, -0.1) is 82.2 Å². The first-order valence-corrected chi connectivity index (χ1v) is 11.0. The first-order valence-electron chi connectivity index (χ1n) is 9.18. The molecule has 2 aromatic heterocycles. The van der Waals surface area contributed by atoms with E-state index >= 15 is 0 Å². The molecule has 0 radical (unpaired) electrons. The summed E-state index contributed by atoms with van der Waals surface area (Å²) < 4.78 is 4.44. The van der Waals surface area contributed by atoms with Gasteiger partial charge in [-0.1, -0.05) is 12.1 Å². The Morgan fingerprint density at radius 1 is 0.581 bits per heavy atom. The van der Waals surface area contributed by atoms with E-state index in [9.17, 15) is 0 Å². The fourth-order valence-electron chi connectivity index (χ4n) is 3.38. The van der Waals surface area contributed by atoms with Gasteiger partial charge in [0.2, 0.25) is 0 Å². The van der Waals surface area contributed by atoms with Crippen molar-refractivity contribution in [2.75, 3.05) is 0 Å². The quantitative estimate of drug-likeness (QED) is 0.288. The summed E-state index contributed by atoms with van der Waals surface area (Å²) in [6, 6.07) is 30.0. The Hall–Kier alpha value is -1.46. The molecule has 0 saturated carbocycles. The van der Waals surface area contributed by atoms with Crippen molar-refractivity contribution in [3.8, 4) is 11.4 Å². The SMILES string of the molecule is [Cl-].[Cl-].[Zr+4].c1ccc2[cH-]c(-n3cccp3)cc2c1.c1ccc2[cH-]c(-n3cccp3)cc2c1. The molecule has 4 aromatic carbocycles. The minimum absolute atomic E-state index is 0. The van der Waals surface area contributed by atoms with Crippen molar-refractivity contribution < 1.29 is 51.0 Å². The molecule has 2 heterocycles. The Labute approximate surface area is 216 Å². The van der Waals surface area contributed by atoms with Crippen LogP contribution >= 0.6 is 16.7 Å². The van der Waals surface area contributed by atoms with Crippen molar-refractivity contribution in [3.05, 3.63) is 109 Å². The van der Waals surface area contributed by atoms with Crippen molar-refractivity contribution in [3.63, 3.8) is 0 Å². The number of hydrogen-bond acceptors (Lipinski definition) is 0. The van der Waals surface area contributed by atoms with E-state index in [4.69, 9.17) is 0 Å². The minimum atomic E-state index is 0. The molecule has 6 aromatic rings. The number of aromatic nitrogens is 2. The number of halogens is 2. The Kier molecular flexibility index (Phi) is 9.96. The summed E-state index contributed by atoms with van der Waals surface area (Å²) in [5.74, 6) is 4.27. The predicted molar refractivity (Wildman–Crippen MR) is 123 cm³/mol. The van der Waals surface area contributed by atoms with E-state index in [1.54, 1.807) is 0 Å². The van der Waals surface area contributed by atoms with Gasteiger partial charge in [-0.2, -0.15) is 0 Å². The molecule has 0 aliphatic rings. The molecule has 6 rings (SSSR count). The molecular formula is C24H18Cl2N2P2Zr. The zero-order chi connectivity index (χ0) is 18.8. The molecule has 0 aliphatic heterocycles. The van der Waals surface area contributed by atoms with Crippen LogP contribution in [-0.2, 0) is 26.2 Å². The van der Waals surface area contributed by atoms with Gasteiger partial charge in [0.1, 0.15) is 0 Å². The molecule has 0 amide bonds. The Balaban J connectivity index is 0.000000201. The van der Waals surface area contributed by atoms with Gasteiger partial charge in [0.15, 0.2) is 0 Å². The summed E-state index contributed by atoms with van der Waals surface area (Å²) in [6.45, 7) is 0. The molecule has 0 saturated heterocycles. The monoisotopic (exact) mass is 556 g/mol. The van der Waals surface area contributed by atoms with Crippen molar-refractivity contribution in [2.24, 2.45) is 0 Å². The van der Waals surface area contributed by atoms with Gasteiger partial charge >= 0.3 is 26.2 Å². The van der Waals surface area contributed by atoms with E-state index < -0.39 is 0 Å². The average molecular weight is 559 g/mol. The maximum absolute atomic E-state index is 2.23. The van der Waals surface area contributed by atoms with Gasteiger partial charge in [-0.3, -0.25) is 0 Å². The van der Waals surface area contributed by atoms with Crippen LogP contribution < -0.4 is 24.8 Å². The summed E-state index contributed by atoms with van der Waals surface area (Å²) >= 11 is 0. The molecule has 2 nitrogen and oxygen atoms in total. The van der Waals surface area contributed by atoms with Crippen LogP contribution in [0.2, 0.25) is 0 Å². The van der Waals surface area contributed by atoms with Crippen LogP contribution in [0.4, 0.5) is 0 Å². The molecular weight excluding hydrogens is 540 g/mol. The number of hydrogen-bond donors (Lipinski definition) is 0. The van der Waals surface area contributed by atoms with Gasteiger partial charge < -0.3 is 33.5 Å². The summed E-state index contributed by atoms with van der Waals surface area (Å²) in [7, 11) is 2.47. The van der Waals surface area contributed by atoms with Crippen LogP contribution in [0.5, 0.6) is 0 Å². The van der Waals surface area contributed by atoms with Crippen molar-refractivity contribution in [1.82, 2.24) is 8.66 Å². The normalized spacial score (nSPS) is 10.3. The minimum Gasteiger partial charge on any atom is -1.00 e. The Morgan fingerprint density at radius 2 is 1.00 bits per heavy atom. The molecule has 0 fully saturated rings. The molecule has 0 N–H and O–H groups in total. The Bertz CT molecular complexity index is 1150. The molecule has 0 spiro atoms. The first-order chi connectivity index (χ1) is 13.9. The van der Waals surface area contributed by atoms with E-state index in [-0.39, 0.29) is 51.0 Å². The van der Waals surface area contributed by atoms with Crippen molar-refractivity contribution >= 4 is 38.2 Å². The van der Waals surface area contributed by atoms with E-state index in [1.165, 1.54) is 49.6 Å². The van der Waals surface area contributed by atoms with Gasteiger partial charge in [-0.25, -0.2) is 0 Å². The molecule has 0 bridgehead atoms. The first kappa shape index (κ1) is 25.8. The zero-order valence-corrected chi connectivity index (χ0v) is 22.2. The molecule has 0 unspecified atom stereocenters. The van der Waals surface area contributed by atoms with Crippen LogP contribution in [0.3, 0.4) is 0 Å². The third-order valence-corrected chi connectivity index (χ3v) is 6.58. The number of rotatable bonds is 2. The summed E-state index contributed by atoms with van der Waals surface area (Å²) in [6.07, 6.45) is 4.21. The second-order valence-corrected chi connectivity index (χ2v) is 8.51. The zero-order valence-electron chi connectivity index (χ0n) is 16.4. The topological polar surface area (TPSA) is 9.86 Å². The second-order valence-electron chi connectivity index (χ2n) is 6.59. The number of fused-ring (bicyclic) bond motifs is 2. The second kappa shape index (κ2) is 12.0. The summed E-state index contributed by atoms with van der Waals surface area (Å²) in [5, 5.41) is 5.27. The maximum atomic E-state index is 2.23. The molecule has 0 aliphatic carbocycles. The van der Waals surface area contributed by atoms with E-state index in [0.717, 1.165) is 0 Å². The van der Waals surface area contributed by atoms with Crippen LogP contribution in [0.1, 0.15) is 0 Å². The van der Waals surface area contributed by atoms with E-state index in [1.807, 2.05) is 0 Å².